The molecule has 108 valence electrons. The van der Waals surface area contributed by atoms with Crippen molar-refractivity contribution in [1.82, 2.24) is 15.0 Å². The van der Waals surface area contributed by atoms with E-state index in [-0.39, 0.29) is 9.63 Å². The summed E-state index contributed by atoms with van der Waals surface area (Å²) in [6.07, 6.45) is 0.788. The normalized spacial score (nSPS) is 11.6. The first-order valence-electron chi connectivity index (χ1n) is 5.81. The van der Waals surface area contributed by atoms with E-state index in [2.05, 4.69) is 31.0 Å². The number of aromatic nitrogens is 3. The summed E-state index contributed by atoms with van der Waals surface area (Å²) in [4.78, 5) is 0. The lowest BCUT2D eigenvalue weighted by Crippen LogP contribution is -2.17. The van der Waals surface area contributed by atoms with E-state index in [1.54, 1.807) is 18.2 Å². The van der Waals surface area contributed by atoms with Crippen LogP contribution in [0.5, 0.6) is 0 Å². The standard InChI is InChI=1S/C11H14BrN5O2S/c1-3-7-4-5-8(6-9(7)13)15-20(18,19)11-10(12)14-16-17(11)2/h4-6,15H,3,13H2,1-2H3. The number of benzene rings is 1. The van der Waals surface area contributed by atoms with Gasteiger partial charge in [0.25, 0.3) is 10.0 Å². The summed E-state index contributed by atoms with van der Waals surface area (Å²) in [6.45, 7) is 1.98. The number of nitrogens with zero attached hydrogens (tertiary/aromatic N) is 3. The molecule has 0 saturated heterocycles. The molecule has 0 spiro atoms. The topological polar surface area (TPSA) is 103 Å². The van der Waals surface area contributed by atoms with E-state index in [1.807, 2.05) is 6.92 Å². The van der Waals surface area contributed by atoms with Crippen LogP contribution in [-0.4, -0.2) is 23.4 Å². The number of hydrogen-bond acceptors (Lipinski definition) is 5. The second kappa shape index (κ2) is 5.41. The molecule has 0 bridgehead atoms. The van der Waals surface area contributed by atoms with Gasteiger partial charge in [0, 0.05) is 12.7 Å². The molecule has 1 aromatic carbocycles. The van der Waals surface area contributed by atoms with Gasteiger partial charge in [0.2, 0.25) is 5.03 Å². The maximum atomic E-state index is 12.3. The van der Waals surface area contributed by atoms with Crippen LogP contribution in [-0.2, 0) is 23.5 Å². The molecule has 0 fully saturated rings. The highest BCUT2D eigenvalue weighted by molar-refractivity contribution is 9.10. The highest BCUT2D eigenvalue weighted by Crippen LogP contribution is 2.24. The molecule has 0 saturated carbocycles. The monoisotopic (exact) mass is 359 g/mol. The minimum absolute atomic E-state index is 0.0457. The average molecular weight is 360 g/mol. The third kappa shape index (κ3) is 2.78. The summed E-state index contributed by atoms with van der Waals surface area (Å²) in [5.41, 5.74) is 7.77. The largest absolute Gasteiger partial charge is 0.398 e. The van der Waals surface area contributed by atoms with Crippen LogP contribution in [0.2, 0.25) is 0 Å². The fourth-order valence-electron chi connectivity index (χ4n) is 1.79. The average Bonchev–Trinajstić information content (AvgIpc) is 2.69. The van der Waals surface area contributed by atoms with Gasteiger partial charge >= 0.3 is 0 Å². The minimum Gasteiger partial charge on any atom is -0.398 e. The van der Waals surface area contributed by atoms with Crippen molar-refractivity contribution in [3.63, 3.8) is 0 Å². The third-order valence-corrected chi connectivity index (χ3v) is 5.04. The number of hydrogen-bond donors (Lipinski definition) is 2. The van der Waals surface area contributed by atoms with Gasteiger partial charge in [-0.1, -0.05) is 18.2 Å². The van der Waals surface area contributed by atoms with Gasteiger partial charge in [-0.25, -0.2) is 4.68 Å². The van der Waals surface area contributed by atoms with Crippen molar-refractivity contribution in [3.8, 4) is 0 Å². The number of rotatable bonds is 4. The second-order valence-electron chi connectivity index (χ2n) is 4.18. The lowest BCUT2D eigenvalue weighted by molar-refractivity contribution is 0.578. The van der Waals surface area contributed by atoms with Crippen LogP contribution in [0, 0.1) is 0 Å². The Kier molecular flexibility index (Phi) is 4.00. The molecule has 0 atom stereocenters. The maximum Gasteiger partial charge on any atom is 0.281 e. The zero-order chi connectivity index (χ0) is 14.9. The maximum absolute atomic E-state index is 12.3. The summed E-state index contributed by atoms with van der Waals surface area (Å²) >= 11 is 3.07. The SMILES string of the molecule is CCc1ccc(NS(=O)(=O)c2c(Br)nnn2C)cc1N. The molecular weight excluding hydrogens is 346 g/mol. The van der Waals surface area contributed by atoms with E-state index >= 15 is 0 Å². The smallest absolute Gasteiger partial charge is 0.281 e. The molecule has 1 aromatic heterocycles. The predicted molar refractivity (Wildman–Crippen MR) is 79.7 cm³/mol. The quantitative estimate of drug-likeness (QED) is 0.805. The molecule has 0 aliphatic heterocycles. The van der Waals surface area contributed by atoms with Crippen molar-refractivity contribution in [1.29, 1.82) is 0 Å². The zero-order valence-corrected chi connectivity index (χ0v) is 13.4. The number of nitrogens with one attached hydrogen (secondary N) is 1. The molecule has 2 rings (SSSR count). The first-order chi connectivity index (χ1) is 9.35. The van der Waals surface area contributed by atoms with Crippen LogP contribution < -0.4 is 10.5 Å². The second-order valence-corrected chi connectivity index (χ2v) is 6.53. The molecule has 20 heavy (non-hydrogen) atoms. The number of anilines is 2. The van der Waals surface area contributed by atoms with Crippen molar-refractivity contribution in [2.45, 2.75) is 18.4 Å². The van der Waals surface area contributed by atoms with Gasteiger partial charge in [0.05, 0.1) is 5.69 Å². The van der Waals surface area contributed by atoms with Crippen LogP contribution in [0.4, 0.5) is 11.4 Å². The summed E-state index contributed by atoms with van der Waals surface area (Å²) < 4.78 is 28.4. The molecule has 2 aromatic rings. The van der Waals surface area contributed by atoms with Gasteiger partial charge in [-0.15, -0.1) is 5.10 Å². The molecule has 0 aliphatic rings. The Morgan fingerprint density at radius 3 is 2.65 bits per heavy atom. The van der Waals surface area contributed by atoms with Crippen molar-refractivity contribution < 1.29 is 8.42 Å². The van der Waals surface area contributed by atoms with Crippen molar-refractivity contribution in [2.24, 2.45) is 7.05 Å². The summed E-state index contributed by atoms with van der Waals surface area (Å²) in [7, 11) is -2.28. The summed E-state index contributed by atoms with van der Waals surface area (Å²) in [5.74, 6) is 0. The van der Waals surface area contributed by atoms with Gasteiger partial charge in [0.15, 0.2) is 4.60 Å². The Hall–Kier alpha value is -1.61. The number of nitrogens with two attached hydrogens (primary N) is 1. The molecule has 9 heteroatoms. The number of nitrogen functional groups attached to an aromatic ring is 1. The van der Waals surface area contributed by atoms with E-state index in [0.29, 0.717) is 11.4 Å². The first-order valence-corrected chi connectivity index (χ1v) is 8.09. The highest BCUT2D eigenvalue weighted by Gasteiger charge is 2.24. The molecule has 7 nitrogen and oxygen atoms in total. The van der Waals surface area contributed by atoms with E-state index in [4.69, 9.17) is 5.73 Å². The third-order valence-electron chi connectivity index (χ3n) is 2.77. The van der Waals surface area contributed by atoms with Gasteiger partial charge in [0.1, 0.15) is 0 Å². The fourth-order valence-corrected chi connectivity index (χ4v) is 3.94. The minimum atomic E-state index is -3.78. The van der Waals surface area contributed by atoms with Crippen molar-refractivity contribution in [3.05, 3.63) is 28.4 Å². The molecule has 3 N–H and O–H groups in total. The predicted octanol–water partition coefficient (Wildman–Crippen LogP) is 1.52. The Bertz CT molecular complexity index is 722. The van der Waals surface area contributed by atoms with E-state index in [1.165, 1.54) is 11.7 Å². The Morgan fingerprint density at radius 2 is 2.15 bits per heavy atom. The Balaban J connectivity index is 2.36. The van der Waals surface area contributed by atoms with Crippen LogP contribution in [0.3, 0.4) is 0 Å². The summed E-state index contributed by atoms with van der Waals surface area (Å²) in [5, 5.41) is 7.25. The van der Waals surface area contributed by atoms with E-state index < -0.39 is 10.0 Å². The number of sulfonamides is 1. The Morgan fingerprint density at radius 1 is 1.45 bits per heavy atom. The van der Waals surface area contributed by atoms with Crippen LogP contribution in [0.15, 0.2) is 27.8 Å². The van der Waals surface area contributed by atoms with E-state index in [0.717, 1.165) is 12.0 Å². The van der Waals surface area contributed by atoms with Gasteiger partial charge in [-0.05, 0) is 40.0 Å². The molecule has 0 aliphatic carbocycles. The van der Waals surface area contributed by atoms with Crippen molar-refractivity contribution >= 4 is 37.3 Å². The molecular formula is C11H14BrN5O2S. The van der Waals surface area contributed by atoms with Crippen LogP contribution in [0.25, 0.3) is 0 Å². The van der Waals surface area contributed by atoms with Crippen LogP contribution in [0.1, 0.15) is 12.5 Å². The lowest BCUT2D eigenvalue weighted by atomic mass is 10.1. The molecule has 0 unspecified atom stereocenters. The van der Waals surface area contributed by atoms with Gasteiger partial charge in [-0.2, -0.15) is 8.42 Å². The van der Waals surface area contributed by atoms with Gasteiger partial charge in [-0.3, -0.25) is 4.72 Å². The van der Waals surface area contributed by atoms with Crippen molar-refractivity contribution in [2.75, 3.05) is 10.5 Å². The number of aryl methyl sites for hydroxylation is 2. The first kappa shape index (κ1) is 14.8. The zero-order valence-electron chi connectivity index (χ0n) is 11.0. The number of halogens is 1. The lowest BCUT2D eigenvalue weighted by Gasteiger charge is -2.10. The van der Waals surface area contributed by atoms with Crippen LogP contribution >= 0.6 is 15.9 Å². The molecule has 0 radical (unpaired) electrons. The Labute approximate surface area is 125 Å². The highest BCUT2D eigenvalue weighted by atomic mass is 79.9. The van der Waals surface area contributed by atoms with E-state index in [9.17, 15) is 8.42 Å². The van der Waals surface area contributed by atoms with Gasteiger partial charge < -0.3 is 5.73 Å². The fraction of sp³-hybridized carbons (Fsp3) is 0.273. The molecule has 0 amide bonds. The summed E-state index contributed by atoms with van der Waals surface area (Å²) in [6, 6.07) is 5.06. The molecule has 1 heterocycles.